The highest BCUT2D eigenvalue weighted by Crippen LogP contribution is 2.26. The molecule has 2 rings (SSSR count). The van der Waals surface area contributed by atoms with Crippen molar-refractivity contribution in [3.8, 4) is 0 Å². The average molecular weight is 316 g/mol. The van der Waals surface area contributed by atoms with E-state index in [1.807, 2.05) is 12.3 Å². The molecule has 0 aromatic carbocycles. The first-order valence-electron chi connectivity index (χ1n) is 6.07. The summed E-state index contributed by atoms with van der Waals surface area (Å²) < 4.78 is 31.8. The van der Waals surface area contributed by atoms with Crippen molar-refractivity contribution in [2.45, 2.75) is 31.8 Å². The van der Waals surface area contributed by atoms with Crippen LogP contribution in [0.25, 0.3) is 0 Å². The third-order valence-electron chi connectivity index (χ3n) is 2.62. The maximum Gasteiger partial charge on any atom is 0.242 e. The minimum absolute atomic E-state index is 0.00870. The molecule has 2 aromatic rings. The molecule has 0 aliphatic heterocycles. The molecule has 0 radical (unpaired) electrons. The fourth-order valence-corrected chi connectivity index (χ4v) is 4.47. The van der Waals surface area contributed by atoms with Crippen molar-refractivity contribution in [2.75, 3.05) is 6.54 Å². The van der Waals surface area contributed by atoms with Crippen molar-refractivity contribution in [3.05, 3.63) is 28.0 Å². The number of nitrogens with one attached hydrogen (secondary N) is 2. The molecule has 2 heterocycles. The van der Waals surface area contributed by atoms with Crippen LogP contribution in [0.15, 0.2) is 21.2 Å². The van der Waals surface area contributed by atoms with Gasteiger partial charge in [-0.25, -0.2) is 13.1 Å². The molecule has 0 bridgehead atoms. The molecule has 0 saturated heterocycles. The van der Waals surface area contributed by atoms with Crippen LogP contribution in [-0.2, 0) is 23.1 Å². The van der Waals surface area contributed by atoms with E-state index in [1.165, 1.54) is 11.3 Å². The highest BCUT2D eigenvalue weighted by molar-refractivity contribution is 7.89. The van der Waals surface area contributed by atoms with Gasteiger partial charge in [-0.1, -0.05) is 12.1 Å². The van der Waals surface area contributed by atoms with Gasteiger partial charge in [0.1, 0.15) is 4.90 Å². The molecule has 0 aliphatic carbocycles. The number of rotatable bonds is 7. The fourth-order valence-electron chi connectivity index (χ4n) is 1.71. The normalized spacial score (nSPS) is 11.9. The molecule has 0 saturated carbocycles. The van der Waals surface area contributed by atoms with Crippen LogP contribution in [0.3, 0.4) is 0 Å². The van der Waals surface area contributed by atoms with Crippen LogP contribution in [0.4, 0.5) is 0 Å². The Hall–Kier alpha value is -1.29. The molecule has 20 heavy (non-hydrogen) atoms. The first-order chi connectivity index (χ1) is 9.54. The predicted octanol–water partition coefficient (Wildman–Crippen LogP) is 1.03. The number of aromatic nitrogens is 2. The second-order valence-corrected chi connectivity index (χ2v) is 6.79. The lowest BCUT2D eigenvalue weighted by Gasteiger charge is -2.08. The summed E-state index contributed by atoms with van der Waals surface area (Å²) in [6.07, 6.45) is 1.16. The van der Waals surface area contributed by atoms with Gasteiger partial charge >= 0.3 is 0 Å². The van der Waals surface area contributed by atoms with E-state index in [4.69, 9.17) is 0 Å². The molecule has 0 amide bonds. The zero-order valence-corrected chi connectivity index (χ0v) is 12.8. The minimum atomic E-state index is -3.59. The van der Waals surface area contributed by atoms with E-state index < -0.39 is 10.0 Å². The Kier molecular flexibility index (Phi) is 4.86. The summed E-state index contributed by atoms with van der Waals surface area (Å²) >= 11 is 1.43. The van der Waals surface area contributed by atoms with Crippen molar-refractivity contribution in [3.63, 3.8) is 0 Å². The minimum Gasteiger partial charge on any atom is -0.343 e. The SMILES string of the molecule is CCNCc1scc(C)c1S(=O)(=O)NCc1ncon1. The largest absolute Gasteiger partial charge is 0.343 e. The Morgan fingerprint density at radius 1 is 1.40 bits per heavy atom. The molecule has 9 heteroatoms. The van der Waals surface area contributed by atoms with Gasteiger partial charge in [0.15, 0.2) is 5.82 Å². The molecule has 0 fully saturated rings. The third kappa shape index (κ3) is 3.42. The van der Waals surface area contributed by atoms with E-state index in [-0.39, 0.29) is 6.54 Å². The van der Waals surface area contributed by atoms with Crippen LogP contribution in [0.1, 0.15) is 23.2 Å². The number of sulfonamides is 1. The van der Waals surface area contributed by atoms with E-state index in [0.717, 1.165) is 23.4 Å². The Morgan fingerprint density at radius 2 is 2.20 bits per heavy atom. The van der Waals surface area contributed by atoms with Crippen LogP contribution in [0.2, 0.25) is 0 Å². The molecule has 0 unspecified atom stereocenters. The van der Waals surface area contributed by atoms with Crippen molar-refractivity contribution in [1.29, 1.82) is 0 Å². The highest BCUT2D eigenvalue weighted by atomic mass is 32.2. The van der Waals surface area contributed by atoms with Gasteiger partial charge < -0.3 is 9.84 Å². The Balaban J connectivity index is 2.18. The Labute approximate surface area is 121 Å². The zero-order chi connectivity index (χ0) is 14.6. The van der Waals surface area contributed by atoms with Crippen molar-refractivity contribution < 1.29 is 12.9 Å². The van der Waals surface area contributed by atoms with E-state index in [0.29, 0.717) is 17.3 Å². The number of hydrogen-bond acceptors (Lipinski definition) is 7. The van der Waals surface area contributed by atoms with E-state index >= 15 is 0 Å². The maximum atomic E-state index is 12.4. The molecule has 0 atom stereocenters. The monoisotopic (exact) mass is 316 g/mol. The molecule has 110 valence electrons. The first kappa shape index (κ1) is 15.1. The molecular weight excluding hydrogens is 300 g/mol. The van der Waals surface area contributed by atoms with Gasteiger partial charge in [0.05, 0.1) is 6.54 Å². The summed E-state index contributed by atoms with van der Waals surface area (Å²) in [6, 6.07) is 0. The van der Waals surface area contributed by atoms with E-state index in [2.05, 4.69) is 24.7 Å². The smallest absolute Gasteiger partial charge is 0.242 e. The summed E-state index contributed by atoms with van der Waals surface area (Å²) in [5.41, 5.74) is 0.739. The van der Waals surface area contributed by atoms with Crippen LogP contribution in [0.5, 0.6) is 0 Å². The van der Waals surface area contributed by atoms with Gasteiger partial charge in [-0.05, 0) is 24.4 Å². The number of thiophene rings is 1. The molecule has 0 aliphatic rings. The summed E-state index contributed by atoms with van der Waals surface area (Å²) in [4.78, 5) is 4.92. The third-order valence-corrected chi connectivity index (χ3v) is 5.48. The Bertz CT molecular complexity index is 649. The number of aryl methyl sites for hydroxylation is 1. The molecule has 7 nitrogen and oxygen atoms in total. The molecular formula is C11H16N4O3S2. The zero-order valence-electron chi connectivity index (χ0n) is 11.2. The number of nitrogens with zero attached hydrogens (tertiary/aromatic N) is 2. The van der Waals surface area contributed by atoms with Crippen LogP contribution in [-0.4, -0.2) is 25.1 Å². The highest BCUT2D eigenvalue weighted by Gasteiger charge is 2.23. The molecule has 0 spiro atoms. The van der Waals surface area contributed by atoms with Gasteiger partial charge in [-0.3, -0.25) is 0 Å². The predicted molar refractivity (Wildman–Crippen MR) is 74.8 cm³/mol. The molecule has 2 N–H and O–H groups in total. The van der Waals surface area contributed by atoms with Gasteiger partial charge in [0.25, 0.3) is 0 Å². The first-order valence-corrected chi connectivity index (χ1v) is 8.43. The van der Waals surface area contributed by atoms with Gasteiger partial charge in [-0.15, -0.1) is 11.3 Å². The second-order valence-electron chi connectivity index (χ2n) is 4.12. The maximum absolute atomic E-state index is 12.4. The lowest BCUT2D eigenvalue weighted by molar-refractivity contribution is 0.409. The average Bonchev–Trinajstić information content (AvgIpc) is 3.03. The van der Waals surface area contributed by atoms with Crippen molar-refractivity contribution in [2.24, 2.45) is 0 Å². The summed E-state index contributed by atoms with van der Waals surface area (Å²) in [7, 11) is -3.59. The van der Waals surface area contributed by atoms with Crippen molar-refractivity contribution in [1.82, 2.24) is 20.2 Å². The van der Waals surface area contributed by atoms with Crippen LogP contribution in [0, 0.1) is 6.92 Å². The van der Waals surface area contributed by atoms with Gasteiger partial charge in [-0.2, -0.15) is 4.98 Å². The van der Waals surface area contributed by atoms with E-state index in [1.54, 1.807) is 6.92 Å². The van der Waals surface area contributed by atoms with E-state index in [9.17, 15) is 8.42 Å². The summed E-state index contributed by atoms with van der Waals surface area (Å²) in [6.45, 7) is 5.09. The van der Waals surface area contributed by atoms with Gasteiger partial charge in [0, 0.05) is 11.4 Å². The lowest BCUT2D eigenvalue weighted by Crippen LogP contribution is -2.25. The Morgan fingerprint density at radius 3 is 2.85 bits per heavy atom. The fraction of sp³-hybridized carbons (Fsp3) is 0.455. The van der Waals surface area contributed by atoms with Crippen LogP contribution < -0.4 is 10.0 Å². The summed E-state index contributed by atoms with van der Waals surface area (Å²) in [5, 5.41) is 8.55. The van der Waals surface area contributed by atoms with Crippen molar-refractivity contribution >= 4 is 21.4 Å². The summed E-state index contributed by atoms with van der Waals surface area (Å²) in [5.74, 6) is 0.301. The number of hydrogen-bond donors (Lipinski definition) is 2. The topological polar surface area (TPSA) is 97.1 Å². The standard InChI is InChI=1S/C11H16N4O3S2/c1-3-12-4-9-11(8(2)6-19-9)20(16,17)14-5-10-13-7-18-15-10/h6-7,12,14H,3-5H2,1-2H3. The quantitative estimate of drug-likeness (QED) is 0.792. The molecule has 2 aromatic heterocycles. The van der Waals surface area contributed by atoms with Gasteiger partial charge in [0.2, 0.25) is 16.4 Å². The second kappa shape index (κ2) is 6.44. The lowest BCUT2D eigenvalue weighted by atomic mass is 10.3. The van der Waals surface area contributed by atoms with Crippen LogP contribution >= 0.6 is 11.3 Å².